The predicted octanol–water partition coefficient (Wildman–Crippen LogP) is 3.04. The summed E-state index contributed by atoms with van der Waals surface area (Å²) >= 11 is 3.28. The summed E-state index contributed by atoms with van der Waals surface area (Å²) in [4.78, 5) is 37.1. The van der Waals surface area contributed by atoms with Crippen LogP contribution in [0.1, 0.15) is 43.0 Å². The Morgan fingerprint density at radius 2 is 2.29 bits per heavy atom. The van der Waals surface area contributed by atoms with Gasteiger partial charge in [0.1, 0.15) is 16.2 Å². The van der Waals surface area contributed by atoms with E-state index in [4.69, 9.17) is 0 Å². The Kier molecular flexibility index (Phi) is 6.16. The van der Waals surface area contributed by atoms with E-state index in [2.05, 4.69) is 22.2 Å². The fourth-order valence-corrected chi connectivity index (χ4v) is 6.25. The molecule has 28 heavy (non-hydrogen) atoms. The molecule has 0 bridgehead atoms. The summed E-state index contributed by atoms with van der Waals surface area (Å²) in [6.45, 7) is 4.50. The van der Waals surface area contributed by atoms with Crippen LogP contribution in [0.5, 0.6) is 0 Å². The van der Waals surface area contributed by atoms with Gasteiger partial charge in [0.15, 0.2) is 0 Å². The van der Waals surface area contributed by atoms with Gasteiger partial charge in [-0.3, -0.25) is 9.59 Å². The number of likely N-dealkylation sites (tertiary alicyclic amines) is 1. The third-order valence-corrected chi connectivity index (χ3v) is 7.65. The van der Waals surface area contributed by atoms with E-state index in [0.717, 1.165) is 54.5 Å². The number of nitrogens with zero attached hydrogens (tertiary/aromatic N) is 3. The van der Waals surface area contributed by atoms with Gasteiger partial charge in [-0.05, 0) is 43.6 Å². The number of carbonyl (C=O) groups excluding carboxylic acids is 2. The second kappa shape index (κ2) is 8.78. The molecule has 2 aromatic heterocycles. The highest BCUT2D eigenvalue weighted by Crippen LogP contribution is 2.40. The van der Waals surface area contributed by atoms with Crippen molar-refractivity contribution >= 4 is 45.1 Å². The van der Waals surface area contributed by atoms with E-state index < -0.39 is 0 Å². The van der Waals surface area contributed by atoms with Crippen LogP contribution in [0.4, 0.5) is 0 Å². The molecule has 2 amide bonds. The first kappa shape index (κ1) is 19.6. The smallest absolute Gasteiger partial charge is 0.230 e. The maximum atomic E-state index is 12.2. The zero-order valence-electron chi connectivity index (χ0n) is 16.2. The molecule has 1 fully saturated rings. The van der Waals surface area contributed by atoms with Crippen molar-refractivity contribution in [3.63, 3.8) is 0 Å². The molecule has 6 nitrogen and oxygen atoms in total. The highest BCUT2D eigenvalue weighted by Gasteiger charge is 2.23. The second-order valence-corrected chi connectivity index (χ2v) is 9.73. The summed E-state index contributed by atoms with van der Waals surface area (Å²) in [6.07, 6.45) is 7.45. The lowest BCUT2D eigenvalue weighted by Gasteiger charge is -2.18. The quantitative estimate of drug-likeness (QED) is 0.425. The Labute approximate surface area is 173 Å². The number of carbonyl (C=O) groups is 2. The van der Waals surface area contributed by atoms with Gasteiger partial charge < -0.3 is 10.2 Å². The Hall–Kier alpha value is -1.67. The maximum Gasteiger partial charge on any atom is 0.230 e. The zero-order valence-corrected chi connectivity index (χ0v) is 17.8. The molecule has 0 spiro atoms. The third kappa shape index (κ3) is 4.33. The average molecular weight is 419 g/mol. The fraction of sp³-hybridized carbons (Fsp3) is 0.600. The molecule has 0 radical (unpaired) electrons. The number of amides is 2. The molecule has 0 saturated carbocycles. The molecule has 1 aliphatic carbocycles. The van der Waals surface area contributed by atoms with Gasteiger partial charge in [-0.1, -0.05) is 18.7 Å². The largest absolute Gasteiger partial charge is 0.355 e. The summed E-state index contributed by atoms with van der Waals surface area (Å²) in [5, 5.41) is 5.06. The standard InChI is InChI=1S/C20H26N4O2S2/c1-13-5-6-14-15(10-13)28-20-18(14)19(22-12-23-20)27-11-16(25)21-7-3-9-24-8-2-4-17(24)26/h12-13H,2-11H2,1H3,(H,21,25)/t13-/m0/s1. The number of thioether (sulfide) groups is 1. The minimum absolute atomic E-state index is 0.0160. The number of hydrogen-bond acceptors (Lipinski definition) is 6. The Morgan fingerprint density at radius 3 is 3.11 bits per heavy atom. The monoisotopic (exact) mass is 418 g/mol. The number of rotatable bonds is 7. The lowest BCUT2D eigenvalue weighted by molar-refractivity contribution is -0.127. The van der Waals surface area contributed by atoms with E-state index in [1.54, 1.807) is 17.7 Å². The van der Waals surface area contributed by atoms with Crippen LogP contribution in [0.3, 0.4) is 0 Å². The summed E-state index contributed by atoms with van der Waals surface area (Å²) in [7, 11) is 0. The van der Waals surface area contributed by atoms with E-state index in [-0.39, 0.29) is 11.8 Å². The summed E-state index contributed by atoms with van der Waals surface area (Å²) in [5.41, 5.74) is 1.40. The van der Waals surface area contributed by atoms with Gasteiger partial charge >= 0.3 is 0 Å². The lowest BCUT2D eigenvalue weighted by atomic mass is 9.89. The van der Waals surface area contributed by atoms with Gasteiger partial charge in [0.05, 0.1) is 5.75 Å². The van der Waals surface area contributed by atoms with E-state index >= 15 is 0 Å². The summed E-state index contributed by atoms with van der Waals surface area (Å²) in [5.74, 6) is 1.34. The van der Waals surface area contributed by atoms with Gasteiger partial charge in [-0.2, -0.15) is 0 Å². The molecule has 1 saturated heterocycles. The average Bonchev–Trinajstić information content (AvgIpc) is 3.26. The summed E-state index contributed by atoms with van der Waals surface area (Å²) < 4.78 is 0. The first-order valence-corrected chi connectivity index (χ1v) is 11.8. The van der Waals surface area contributed by atoms with Crippen LogP contribution in [0, 0.1) is 5.92 Å². The molecule has 8 heteroatoms. The van der Waals surface area contributed by atoms with Crippen molar-refractivity contribution in [3.05, 3.63) is 16.8 Å². The number of thiophene rings is 1. The van der Waals surface area contributed by atoms with Crippen LogP contribution in [-0.2, 0) is 22.4 Å². The topological polar surface area (TPSA) is 75.2 Å². The van der Waals surface area contributed by atoms with Crippen molar-refractivity contribution in [1.82, 2.24) is 20.2 Å². The first-order valence-electron chi connectivity index (χ1n) is 10.0. The SMILES string of the molecule is C[C@H]1CCc2c(sc3ncnc(SCC(=O)NCCCN4CCCC4=O)c23)C1. The Morgan fingerprint density at radius 1 is 1.39 bits per heavy atom. The van der Waals surface area contributed by atoms with Crippen molar-refractivity contribution in [1.29, 1.82) is 0 Å². The Balaban J connectivity index is 1.30. The molecule has 1 N–H and O–H groups in total. The molecule has 4 rings (SSSR count). The molecule has 2 aromatic rings. The molecule has 0 aromatic carbocycles. The number of aromatic nitrogens is 2. The molecule has 1 aliphatic heterocycles. The van der Waals surface area contributed by atoms with Crippen LogP contribution in [-0.4, -0.2) is 52.1 Å². The third-order valence-electron chi connectivity index (χ3n) is 5.50. The normalized spacial score (nSPS) is 19.2. The number of aryl methyl sites for hydroxylation is 1. The van der Waals surface area contributed by atoms with Crippen LogP contribution < -0.4 is 5.32 Å². The van der Waals surface area contributed by atoms with Crippen LogP contribution in [0.25, 0.3) is 10.2 Å². The van der Waals surface area contributed by atoms with E-state index in [1.807, 2.05) is 4.90 Å². The predicted molar refractivity (Wildman–Crippen MR) is 113 cm³/mol. The van der Waals surface area contributed by atoms with E-state index in [1.165, 1.54) is 34.0 Å². The van der Waals surface area contributed by atoms with Crippen molar-refractivity contribution in [2.45, 2.75) is 50.5 Å². The van der Waals surface area contributed by atoms with Crippen molar-refractivity contribution < 1.29 is 9.59 Å². The van der Waals surface area contributed by atoms with Crippen molar-refractivity contribution in [2.24, 2.45) is 5.92 Å². The van der Waals surface area contributed by atoms with Crippen molar-refractivity contribution in [2.75, 3.05) is 25.4 Å². The van der Waals surface area contributed by atoms with E-state index in [9.17, 15) is 9.59 Å². The van der Waals surface area contributed by atoms with Gasteiger partial charge in [-0.15, -0.1) is 11.3 Å². The molecule has 3 heterocycles. The van der Waals surface area contributed by atoms with Crippen LogP contribution >= 0.6 is 23.1 Å². The first-order chi connectivity index (χ1) is 13.6. The number of fused-ring (bicyclic) bond motifs is 3. The molecule has 150 valence electrons. The fourth-order valence-electron chi connectivity index (χ4n) is 3.98. The van der Waals surface area contributed by atoms with E-state index in [0.29, 0.717) is 18.7 Å². The van der Waals surface area contributed by atoms with Crippen LogP contribution in [0.15, 0.2) is 11.4 Å². The lowest BCUT2D eigenvalue weighted by Crippen LogP contribution is -2.31. The van der Waals surface area contributed by atoms with Gasteiger partial charge in [0.25, 0.3) is 0 Å². The van der Waals surface area contributed by atoms with Crippen LogP contribution in [0.2, 0.25) is 0 Å². The van der Waals surface area contributed by atoms with Gasteiger partial charge in [-0.25, -0.2) is 9.97 Å². The minimum Gasteiger partial charge on any atom is -0.355 e. The second-order valence-electron chi connectivity index (χ2n) is 7.69. The molecule has 2 aliphatic rings. The number of hydrogen-bond donors (Lipinski definition) is 1. The van der Waals surface area contributed by atoms with Crippen molar-refractivity contribution in [3.8, 4) is 0 Å². The maximum absolute atomic E-state index is 12.2. The molecular weight excluding hydrogens is 392 g/mol. The Bertz CT molecular complexity index is 882. The zero-order chi connectivity index (χ0) is 19.5. The molecule has 0 unspecified atom stereocenters. The summed E-state index contributed by atoms with van der Waals surface area (Å²) in [6, 6.07) is 0. The molecular formula is C20H26N4O2S2. The highest BCUT2D eigenvalue weighted by atomic mass is 32.2. The highest BCUT2D eigenvalue weighted by molar-refractivity contribution is 8.00. The molecule has 1 atom stereocenters. The minimum atomic E-state index is 0.0160. The van der Waals surface area contributed by atoms with Gasteiger partial charge in [0.2, 0.25) is 11.8 Å². The van der Waals surface area contributed by atoms with Gasteiger partial charge in [0, 0.05) is 36.3 Å². The number of nitrogens with one attached hydrogen (secondary N) is 1.